The molecular formula is C22H17F3N4O2. The van der Waals surface area contributed by atoms with E-state index in [0.29, 0.717) is 27.0 Å². The Balaban J connectivity index is 1.72. The fraction of sp³-hybridized carbons (Fsp3) is 0.182. The van der Waals surface area contributed by atoms with Gasteiger partial charge in [0.25, 0.3) is 11.5 Å². The molecule has 0 bridgehead atoms. The molecule has 0 aliphatic rings. The van der Waals surface area contributed by atoms with Crippen molar-refractivity contribution >= 4 is 27.7 Å². The number of alkyl halides is 3. The normalized spacial score (nSPS) is 11.8. The lowest BCUT2D eigenvalue weighted by atomic mass is 10.1. The lowest BCUT2D eigenvalue weighted by Crippen LogP contribution is -2.35. The molecule has 1 amide bonds. The van der Waals surface area contributed by atoms with Gasteiger partial charge in [0.1, 0.15) is 6.54 Å². The van der Waals surface area contributed by atoms with Gasteiger partial charge in [0, 0.05) is 36.8 Å². The first-order chi connectivity index (χ1) is 14.6. The second-order valence-electron chi connectivity index (χ2n) is 7.27. The number of aromatic nitrogens is 3. The maximum absolute atomic E-state index is 12.6. The number of pyridine rings is 1. The van der Waals surface area contributed by atoms with Crippen molar-refractivity contribution in [3.05, 3.63) is 70.8 Å². The number of halogens is 3. The summed E-state index contributed by atoms with van der Waals surface area (Å²) >= 11 is 0. The van der Waals surface area contributed by atoms with E-state index in [2.05, 4.69) is 9.97 Å². The van der Waals surface area contributed by atoms with Crippen molar-refractivity contribution in [2.75, 3.05) is 13.6 Å². The smallest absolute Gasteiger partial charge is 0.333 e. The summed E-state index contributed by atoms with van der Waals surface area (Å²) in [7, 11) is 2.77. The van der Waals surface area contributed by atoms with Crippen LogP contribution in [0.25, 0.3) is 33.1 Å². The van der Waals surface area contributed by atoms with Gasteiger partial charge in [-0.1, -0.05) is 6.07 Å². The average Bonchev–Trinajstić information content (AvgIpc) is 2.73. The van der Waals surface area contributed by atoms with Crippen LogP contribution >= 0.6 is 0 Å². The number of hydrogen-bond donors (Lipinski definition) is 0. The van der Waals surface area contributed by atoms with Crippen LogP contribution in [-0.2, 0) is 7.05 Å². The van der Waals surface area contributed by atoms with E-state index in [-0.39, 0.29) is 11.1 Å². The Labute approximate surface area is 174 Å². The van der Waals surface area contributed by atoms with Crippen molar-refractivity contribution < 1.29 is 18.0 Å². The standard InChI is InChI=1S/C22H17F3N4O2/c1-28-8-7-13-9-14(3-5-16(13)21(28)31)19-11-26-17-6-4-15(10-18(17)27-19)20(30)29(2)12-22(23,24)25/h3-11H,12H2,1-2H3. The predicted octanol–water partition coefficient (Wildman–Crippen LogP) is 3.78. The Bertz CT molecular complexity index is 1380. The summed E-state index contributed by atoms with van der Waals surface area (Å²) in [5.41, 5.74) is 2.11. The summed E-state index contributed by atoms with van der Waals surface area (Å²) < 4.78 is 39.3. The maximum atomic E-state index is 12.6. The van der Waals surface area contributed by atoms with Gasteiger partial charge in [-0.2, -0.15) is 13.2 Å². The molecule has 2 heterocycles. The highest BCUT2D eigenvalue weighted by Crippen LogP contribution is 2.24. The van der Waals surface area contributed by atoms with Crippen LogP contribution in [0.1, 0.15) is 10.4 Å². The molecule has 0 saturated heterocycles. The van der Waals surface area contributed by atoms with Crippen LogP contribution in [0.2, 0.25) is 0 Å². The monoisotopic (exact) mass is 426 g/mol. The van der Waals surface area contributed by atoms with Crippen molar-refractivity contribution in [3.8, 4) is 11.3 Å². The zero-order valence-corrected chi connectivity index (χ0v) is 16.6. The van der Waals surface area contributed by atoms with Crippen molar-refractivity contribution in [2.45, 2.75) is 6.18 Å². The van der Waals surface area contributed by atoms with Crippen LogP contribution in [0, 0.1) is 0 Å². The maximum Gasteiger partial charge on any atom is 0.406 e. The number of nitrogens with zero attached hydrogens (tertiary/aromatic N) is 4. The van der Waals surface area contributed by atoms with Gasteiger partial charge < -0.3 is 9.47 Å². The minimum absolute atomic E-state index is 0.0905. The van der Waals surface area contributed by atoms with Gasteiger partial charge in [0.05, 0.1) is 22.9 Å². The number of aryl methyl sites for hydroxylation is 1. The number of amides is 1. The highest BCUT2D eigenvalue weighted by atomic mass is 19.4. The molecule has 0 aliphatic heterocycles. The first-order valence-corrected chi connectivity index (χ1v) is 9.31. The highest BCUT2D eigenvalue weighted by Gasteiger charge is 2.31. The Morgan fingerprint density at radius 1 is 1.10 bits per heavy atom. The van der Waals surface area contributed by atoms with Crippen LogP contribution in [0.4, 0.5) is 13.2 Å². The second-order valence-corrected chi connectivity index (χ2v) is 7.27. The number of hydrogen-bond acceptors (Lipinski definition) is 4. The van der Waals surface area contributed by atoms with E-state index in [1.54, 1.807) is 37.6 Å². The molecular weight excluding hydrogens is 409 g/mol. The second kappa shape index (κ2) is 7.50. The Hall–Kier alpha value is -3.75. The van der Waals surface area contributed by atoms with Crippen molar-refractivity contribution in [1.29, 1.82) is 0 Å². The molecule has 6 nitrogen and oxygen atoms in total. The molecule has 9 heteroatoms. The van der Waals surface area contributed by atoms with Crippen LogP contribution in [0.15, 0.2) is 59.7 Å². The van der Waals surface area contributed by atoms with Gasteiger partial charge in [0.2, 0.25) is 0 Å². The summed E-state index contributed by atoms with van der Waals surface area (Å²) in [6.45, 7) is -1.34. The van der Waals surface area contributed by atoms with Gasteiger partial charge in [-0.05, 0) is 41.8 Å². The molecule has 4 rings (SSSR count). The topological polar surface area (TPSA) is 68.1 Å². The molecule has 0 saturated carbocycles. The molecule has 0 fully saturated rings. The third kappa shape index (κ3) is 4.11. The van der Waals surface area contributed by atoms with E-state index in [1.807, 2.05) is 12.1 Å². The van der Waals surface area contributed by atoms with E-state index in [9.17, 15) is 22.8 Å². The lowest BCUT2D eigenvalue weighted by Gasteiger charge is -2.19. The minimum atomic E-state index is -4.48. The first kappa shape index (κ1) is 20.5. The fourth-order valence-corrected chi connectivity index (χ4v) is 3.35. The first-order valence-electron chi connectivity index (χ1n) is 9.31. The van der Waals surface area contributed by atoms with Crippen molar-refractivity contribution in [3.63, 3.8) is 0 Å². The molecule has 4 aromatic rings. The summed E-state index contributed by atoms with van der Waals surface area (Å²) in [4.78, 5) is 34.1. The third-order valence-corrected chi connectivity index (χ3v) is 4.93. The fourth-order valence-electron chi connectivity index (χ4n) is 3.35. The Morgan fingerprint density at radius 3 is 2.61 bits per heavy atom. The summed E-state index contributed by atoms with van der Waals surface area (Å²) in [6, 6.07) is 11.5. The van der Waals surface area contributed by atoms with Crippen molar-refractivity contribution in [2.24, 2.45) is 7.05 Å². The summed E-state index contributed by atoms with van der Waals surface area (Å²) in [6.07, 6.45) is -1.23. The average molecular weight is 426 g/mol. The van der Waals surface area contributed by atoms with E-state index in [0.717, 1.165) is 18.0 Å². The zero-order valence-electron chi connectivity index (χ0n) is 16.6. The van der Waals surface area contributed by atoms with Crippen LogP contribution in [0.5, 0.6) is 0 Å². The largest absolute Gasteiger partial charge is 0.406 e. The number of carbonyl (C=O) groups excluding carboxylic acids is 1. The molecule has 0 aliphatic carbocycles. The third-order valence-electron chi connectivity index (χ3n) is 4.93. The minimum Gasteiger partial charge on any atom is -0.333 e. The number of fused-ring (bicyclic) bond motifs is 2. The van der Waals surface area contributed by atoms with Crippen LogP contribution in [-0.4, -0.2) is 45.1 Å². The quantitative estimate of drug-likeness (QED) is 0.500. The van der Waals surface area contributed by atoms with Gasteiger partial charge >= 0.3 is 6.18 Å². The number of carbonyl (C=O) groups is 1. The zero-order chi connectivity index (χ0) is 22.3. The molecule has 0 spiro atoms. The predicted molar refractivity (Wildman–Crippen MR) is 111 cm³/mol. The van der Waals surface area contributed by atoms with E-state index in [1.165, 1.54) is 16.7 Å². The van der Waals surface area contributed by atoms with E-state index in [4.69, 9.17) is 0 Å². The Kier molecular flexibility index (Phi) is 4.96. The van der Waals surface area contributed by atoms with E-state index >= 15 is 0 Å². The summed E-state index contributed by atoms with van der Waals surface area (Å²) in [5, 5.41) is 1.32. The number of benzene rings is 2. The number of rotatable bonds is 3. The van der Waals surface area contributed by atoms with Gasteiger partial charge in [-0.15, -0.1) is 0 Å². The SMILES string of the molecule is CN(CC(F)(F)F)C(=O)c1ccc2ncc(-c3ccc4c(=O)n(C)ccc4c3)nc2c1. The lowest BCUT2D eigenvalue weighted by molar-refractivity contribution is -0.138. The molecule has 0 unspecified atom stereocenters. The highest BCUT2D eigenvalue weighted by molar-refractivity contribution is 5.97. The van der Waals surface area contributed by atoms with Crippen molar-refractivity contribution in [1.82, 2.24) is 19.4 Å². The molecule has 2 aromatic heterocycles. The van der Waals surface area contributed by atoms with Gasteiger partial charge in [0.15, 0.2) is 0 Å². The molecule has 158 valence electrons. The Morgan fingerprint density at radius 2 is 1.87 bits per heavy atom. The molecule has 0 atom stereocenters. The molecule has 31 heavy (non-hydrogen) atoms. The summed E-state index contributed by atoms with van der Waals surface area (Å²) in [5.74, 6) is -0.757. The molecule has 2 aromatic carbocycles. The molecule has 0 radical (unpaired) electrons. The van der Waals surface area contributed by atoms with Crippen LogP contribution in [0.3, 0.4) is 0 Å². The van der Waals surface area contributed by atoms with E-state index < -0.39 is 18.6 Å². The van der Waals surface area contributed by atoms with Gasteiger partial charge in [-0.3, -0.25) is 14.6 Å². The van der Waals surface area contributed by atoms with Crippen LogP contribution < -0.4 is 5.56 Å². The molecule has 0 N–H and O–H groups in total. The van der Waals surface area contributed by atoms with Gasteiger partial charge in [-0.25, -0.2) is 4.98 Å².